The van der Waals surface area contributed by atoms with E-state index in [0.717, 1.165) is 31.5 Å². The fraction of sp³-hybridized carbons (Fsp3) is 0.650. The summed E-state index contributed by atoms with van der Waals surface area (Å²) < 4.78 is 25.3. The van der Waals surface area contributed by atoms with Crippen LogP contribution in [0.3, 0.4) is 0 Å². The molecule has 1 aliphatic heterocycles. The first-order valence-corrected chi connectivity index (χ1v) is 11.0. The summed E-state index contributed by atoms with van der Waals surface area (Å²) in [5.74, 6) is -0.301. The first-order chi connectivity index (χ1) is 12.1. The molecule has 1 heterocycles. The molecule has 1 unspecified atom stereocenters. The molecule has 0 bridgehead atoms. The van der Waals surface area contributed by atoms with Crippen LogP contribution in [-0.4, -0.2) is 49.8 Å². The number of likely N-dealkylation sites (tertiary alicyclic amines) is 1. The minimum absolute atomic E-state index is 0.00105. The zero-order valence-corrected chi connectivity index (χ0v) is 16.9. The molecule has 0 amide bonds. The summed E-state index contributed by atoms with van der Waals surface area (Å²) in [7, 11) is -3.30. The van der Waals surface area contributed by atoms with Crippen LogP contribution in [0, 0.1) is 5.92 Å². The van der Waals surface area contributed by atoms with Crippen LogP contribution in [0.2, 0.25) is 0 Å². The van der Waals surface area contributed by atoms with Crippen molar-refractivity contribution >= 4 is 15.8 Å². The van der Waals surface area contributed by atoms with Crippen LogP contribution in [0.15, 0.2) is 29.2 Å². The molecule has 6 heteroatoms. The van der Waals surface area contributed by atoms with E-state index in [-0.39, 0.29) is 17.6 Å². The van der Waals surface area contributed by atoms with Crippen molar-refractivity contribution in [1.29, 1.82) is 0 Å². The average Bonchev–Trinajstić information content (AvgIpc) is 2.58. The van der Waals surface area contributed by atoms with Gasteiger partial charge in [0.05, 0.1) is 10.6 Å². The first-order valence-electron chi connectivity index (χ1n) is 9.35. The average molecular weight is 382 g/mol. The third kappa shape index (κ3) is 6.09. The maximum atomic E-state index is 12.6. The highest BCUT2D eigenvalue weighted by Gasteiger charge is 2.23. The van der Waals surface area contributed by atoms with Gasteiger partial charge in [0.2, 0.25) is 0 Å². The number of piperidine rings is 1. The monoisotopic (exact) mass is 381 g/mol. The summed E-state index contributed by atoms with van der Waals surface area (Å²) in [5.41, 5.74) is 1.12. The number of hydrogen-bond donors (Lipinski definition) is 1. The van der Waals surface area contributed by atoms with Gasteiger partial charge in [-0.1, -0.05) is 32.9 Å². The SMILES string of the molecule is CC(C)(C)c1ccc(S(=O)(=O)CCN2CCCC(CCC(=O)O)C2)cc1. The maximum Gasteiger partial charge on any atom is 0.303 e. The molecule has 1 aliphatic rings. The number of carboxylic acid groups (broad SMARTS) is 1. The van der Waals surface area contributed by atoms with Crippen molar-refractivity contribution in [3.05, 3.63) is 29.8 Å². The van der Waals surface area contributed by atoms with Gasteiger partial charge in [0, 0.05) is 19.5 Å². The normalized spacial score (nSPS) is 19.4. The van der Waals surface area contributed by atoms with Crippen LogP contribution in [0.25, 0.3) is 0 Å². The second-order valence-corrected chi connectivity index (χ2v) is 10.4. The van der Waals surface area contributed by atoms with Crippen LogP contribution >= 0.6 is 0 Å². The van der Waals surface area contributed by atoms with Crippen LogP contribution in [-0.2, 0) is 20.0 Å². The van der Waals surface area contributed by atoms with E-state index < -0.39 is 15.8 Å². The topological polar surface area (TPSA) is 74.7 Å². The number of nitrogens with zero attached hydrogens (tertiary/aromatic N) is 1. The first kappa shape index (κ1) is 20.9. The summed E-state index contributed by atoms with van der Waals surface area (Å²) in [4.78, 5) is 13.3. The minimum Gasteiger partial charge on any atom is -0.481 e. The molecule has 0 aromatic heterocycles. The molecule has 0 saturated carbocycles. The second-order valence-electron chi connectivity index (χ2n) is 8.33. The Bertz CT molecular complexity index is 704. The Kier molecular flexibility index (Phi) is 6.86. The lowest BCUT2D eigenvalue weighted by molar-refractivity contribution is -0.137. The molecule has 0 spiro atoms. The van der Waals surface area contributed by atoms with Crippen LogP contribution in [0.1, 0.15) is 52.0 Å². The number of carbonyl (C=O) groups is 1. The number of rotatable bonds is 7. The molecular weight excluding hydrogens is 350 g/mol. The molecular formula is C20H31NO4S. The molecule has 0 radical (unpaired) electrons. The Morgan fingerprint density at radius 1 is 1.23 bits per heavy atom. The van der Waals surface area contributed by atoms with Gasteiger partial charge in [0.15, 0.2) is 9.84 Å². The molecule has 1 saturated heterocycles. The predicted octanol–water partition coefficient (Wildman–Crippen LogP) is 3.33. The Morgan fingerprint density at radius 3 is 2.46 bits per heavy atom. The molecule has 1 aromatic carbocycles. The van der Waals surface area contributed by atoms with E-state index in [9.17, 15) is 13.2 Å². The van der Waals surface area contributed by atoms with Crippen LogP contribution in [0.5, 0.6) is 0 Å². The molecule has 2 rings (SSSR count). The second kappa shape index (κ2) is 8.53. The molecule has 5 nitrogen and oxygen atoms in total. The standard InChI is InChI=1S/C20H31NO4S/c1-20(2,3)17-7-9-18(10-8-17)26(24,25)14-13-21-12-4-5-16(15-21)6-11-19(22)23/h7-10,16H,4-6,11-15H2,1-3H3,(H,22,23). The molecule has 1 aromatic rings. The van der Waals surface area contributed by atoms with E-state index in [0.29, 0.717) is 23.8 Å². The molecule has 26 heavy (non-hydrogen) atoms. The maximum absolute atomic E-state index is 12.6. The molecule has 146 valence electrons. The van der Waals surface area contributed by atoms with Crippen LogP contribution in [0.4, 0.5) is 0 Å². The van der Waals surface area contributed by atoms with E-state index in [1.807, 2.05) is 12.1 Å². The van der Waals surface area contributed by atoms with Gasteiger partial charge in [0.25, 0.3) is 0 Å². The zero-order chi connectivity index (χ0) is 19.4. The molecule has 0 aliphatic carbocycles. The van der Waals surface area contributed by atoms with Crippen molar-refractivity contribution in [3.8, 4) is 0 Å². The smallest absolute Gasteiger partial charge is 0.303 e. The van der Waals surface area contributed by atoms with Gasteiger partial charge in [-0.15, -0.1) is 0 Å². The summed E-state index contributed by atoms with van der Waals surface area (Å²) in [5, 5.41) is 8.82. The zero-order valence-electron chi connectivity index (χ0n) is 16.1. The van der Waals surface area contributed by atoms with Crippen molar-refractivity contribution in [1.82, 2.24) is 4.90 Å². The number of carboxylic acids is 1. The Morgan fingerprint density at radius 2 is 1.88 bits per heavy atom. The van der Waals surface area contributed by atoms with Crippen molar-refractivity contribution in [2.45, 2.75) is 56.8 Å². The van der Waals surface area contributed by atoms with Gasteiger partial charge in [-0.05, 0) is 54.8 Å². The Hall–Kier alpha value is -1.40. The largest absolute Gasteiger partial charge is 0.481 e. The van der Waals surface area contributed by atoms with E-state index in [2.05, 4.69) is 25.7 Å². The van der Waals surface area contributed by atoms with Gasteiger partial charge in [-0.3, -0.25) is 4.79 Å². The summed E-state index contributed by atoms with van der Waals surface area (Å²) in [6.45, 7) is 8.51. The number of aliphatic carboxylic acids is 1. The van der Waals surface area contributed by atoms with Crippen molar-refractivity contribution in [2.75, 3.05) is 25.4 Å². The predicted molar refractivity (Wildman–Crippen MR) is 103 cm³/mol. The third-order valence-electron chi connectivity index (χ3n) is 5.13. The number of hydrogen-bond acceptors (Lipinski definition) is 4. The Balaban J connectivity index is 1.92. The number of benzene rings is 1. The molecule has 1 N–H and O–H groups in total. The van der Waals surface area contributed by atoms with Crippen LogP contribution < -0.4 is 0 Å². The quantitative estimate of drug-likeness (QED) is 0.784. The third-order valence-corrected chi connectivity index (χ3v) is 6.84. The molecule has 1 fully saturated rings. The van der Waals surface area contributed by atoms with E-state index in [1.165, 1.54) is 0 Å². The van der Waals surface area contributed by atoms with Crippen molar-refractivity contribution in [3.63, 3.8) is 0 Å². The summed E-state index contributed by atoms with van der Waals surface area (Å²) in [6, 6.07) is 7.22. The number of sulfone groups is 1. The van der Waals surface area contributed by atoms with E-state index >= 15 is 0 Å². The molecule has 1 atom stereocenters. The highest BCUT2D eigenvalue weighted by atomic mass is 32.2. The fourth-order valence-corrected chi connectivity index (χ4v) is 4.73. The van der Waals surface area contributed by atoms with Crippen molar-refractivity contribution < 1.29 is 18.3 Å². The summed E-state index contributed by atoms with van der Waals surface area (Å²) >= 11 is 0. The Labute approximate surface area is 157 Å². The van der Waals surface area contributed by atoms with Gasteiger partial charge in [-0.25, -0.2) is 8.42 Å². The highest BCUT2D eigenvalue weighted by Crippen LogP contribution is 2.24. The van der Waals surface area contributed by atoms with Gasteiger partial charge in [0.1, 0.15) is 0 Å². The highest BCUT2D eigenvalue weighted by molar-refractivity contribution is 7.91. The summed E-state index contributed by atoms with van der Waals surface area (Å²) in [6.07, 6.45) is 2.90. The lowest BCUT2D eigenvalue weighted by Gasteiger charge is -2.32. The fourth-order valence-electron chi connectivity index (χ4n) is 3.45. The lowest BCUT2D eigenvalue weighted by atomic mass is 9.87. The van der Waals surface area contributed by atoms with Gasteiger partial charge >= 0.3 is 5.97 Å². The van der Waals surface area contributed by atoms with E-state index in [4.69, 9.17) is 5.11 Å². The van der Waals surface area contributed by atoms with Crippen molar-refractivity contribution in [2.24, 2.45) is 5.92 Å². The van der Waals surface area contributed by atoms with Gasteiger partial charge in [-0.2, -0.15) is 0 Å². The van der Waals surface area contributed by atoms with Gasteiger partial charge < -0.3 is 10.0 Å². The minimum atomic E-state index is -3.30. The lowest BCUT2D eigenvalue weighted by Crippen LogP contribution is -2.38. The van der Waals surface area contributed by atoms with E-state index in [1.54, 1.807) is 12.1 Å².